The summed E-state index contributed by atoms with van der Waals surface area (Å²) in [4.78, 5) is 34.2. The summed E-state index contributed by atoms with van der Waals surface area (Å²) >= 11 is 0. The molecule has 37 heavy (non-hydrogen) atoms. The first-order valence-electron chi connectivity index (χ1n) is 12.1. The van der Waals surface area contributed by atoms with Crippen LogP contribution in [0.2, 0.25) is 0 Å². The maximum atomic E-state index is 13.1. The molecule has 14 heteroatoms. The largest absolute Gasteiger partial charge is 0.494 e. The number of carbonyl (C=O) groups excluding carboxylic acids is 2. The zero-order chi connectivity index (χ0) is 26.6. The highest BCUT2D eigenvalue weighted by atomic mass is 16.5. The number of carbonyl (C=O) groups is 2. The number of nitrogens with one attached hydrogen (secondary N) is 3. The highest BCUT2D eigenvalue weighted by Gasteiger charge is 2.30. The van der Waals surface area contributed by atoms with Gasteiger partial charge in [0.05, 0.1) is 42.6 Å². The molecule has 0 saturated heterocycles. The van der Waals surface area contributed by atoms with E-state index in [0.29, 0.717) is 58.8 Å². The van der Waals surface area contributed by atoms with Gasteiger partial charge in [-0.1, -0.05) is 11.2 Å². The van der Waals surface area contributed by atoms with Gasteiger partial charge in [-0.2, -0.15) is 4.98 Å². The van der Waals surface area contributed by atoms with Crippen LogP contribution in [-0.4, -0.2) is 76.5 Å². The van der Waals surface area contributed by atoms with Gasteiger partial charge in [-0.25, -0.2) is 4.98 Å². The van der Waals surface area contributed by atoms with E-state index in [-0.39, 0.29) is 17.7 Å². The standard InChI is InChI=1S/C23H29B3N6O5/c1-35-9-8-18-30-20(32-37-18)13-4-3-5-15(19(13)36-2)28-16-10-17(29-21(33)12-6-7-12)27-11-14(16)22(34)31-23(24,25)26/h3-5,10-12H,6-9,24-26H2,1-2H3,(H,31,34)(H2,27,28,29,33). The molecule has 2 aromatic heterocycles. The zero-order valence-corrected chi connectivity index (χ0v) is 21.7. The average Bonchev–Trinajstić information content (AvgIpc) is 3.60. The molecule has 2 heterocycles. The van der Waals surface area contributed by atoms with Crippen LogP contribution in [0.4, 0.5) is 17.2 Å². The molecule has 2 amide bonds. The number of ether oxygens (including phenoxy) is 2. The van der Waals surface area contributed by atoms with Gasteiger partial charge in [0.1, 0.15) is 29.4 Å². The van der Waals surface area contributed by atoms with E-state index in [1.54, 1.807) is 13.2 Å². The summed E-state index contributed by atoms with van der Waals surface area (Å²) in [7, 11) is 8.83. The molecule has 0 bridgehead atoms. The monoisotopic (exact) mass is 502 g/mol. The maximum Gasteiger partial charge on any atom is 0.253 e. The molecule has 3 N–H and O–H groups in total. The molecule has 1 aliphatic rings. The normalized spacial score (nSPS) is 13.1. The molecule has 3 aromatic rings. The van der Waals surface area contributed by atoms with E-state index in [2.05, 4.69) is 31.1 Å². The van der Waals surface area contributed by atoms with Crippen molar-refractivity contribution in [1.29, 1.82) is 0 Å². The Kier molecular flexibility index (Phi) is 7.87. The molecule has 0 spiro atoms. The summed E-state index contributed by atoms with van der Waals surface area (Å²) < 4.78 is 16.1. The van der Waals surface area contributed by atoms with Crippen LogP contribution in [0.1, 0.15) is 29.1 Å². The Morgan fingerprint density at radius 2 is 1.97 bits per heavy atom. The lowest BCUT2D eigenvalue weighted by molar-refractivity contribution is -0.117. The number of para-hydroxylation sites is 1. The number of hydrogen-bond donors (Lipinski definition) is 3. The summed E-state index contributed by atoms with van der Waals surface area (Å²) in [6, 6.07) is 7.08. The number of methoxy groups -OCH3 is 2. The molecule has 4 rings (SSSR count). The van der Waals surface area contributed by atoms with Crippen molar-refractivity contribution in [2.45, 2.75) is 24.5 Å². The van der Waals surface area contributed by atoms with Gasteiger partial charge in [-0.05, 0) is 30.2 Å². The van der Waals surface area contributed by atoms with Gasteiger partial charge in [0.2, 0.25) is 17.6 Å². The lowest BCUT2D eigenvalue weighted by atomic mass is 9.49. The predicted molar refractivity (Wildman–Crippen MR) is 147 cm³/mol. The molecule has 1 aliphatic carbocycles. The van der Waals surface area contributed by atoms with Gasteiger partial charge < -0.3 is 29.9 Å². The lowest BCUT2D eigenvalue weighted by Crippen LogP contribution is -2.50. The molecule has 0 atom stereocenters. The fourth-order valence-corrected chi connectivity index (χ4v) is 3.62. The molecular weight excluding hydrogens is 473 g/mol. The summed E-state index contributed by atoms with van der Waals surface area (Å²) in [6.45, 7) is 0.460. The smallest absolute Gasteiger partial charge is 0.253 e. The minimum absolute atomic E-state index is 0.0163. The molecule has 0 unspecified atom stereocenters. The molecule has 0 aliphatic heterocycles. The van der Waals surface area contributed by atoms with Crippen molar-refractivity contribution >= 4 is 52.5 Å². The van der Waals surface area contributed by atoms with E-state index in [1.807, 2.05) is 41.7 Å². The van der Waals surface area contributed by atoms with Gasteiger partial charge in [0.15, 0.2) is 5.75 Å². The Labute approximate surface area is 217 Å². The fourth-order valence-electron chi connectivity index (χ4n) is 3.62. The highest BCUT2D eigenvalue weighted by molar-refractivity contribution is 6.60. The Morgan fingerprint density at radius 3 is 2.65 bits per heavy atom. The van der Waals surface area contributed by atoms with E-state index in [9.17, 15) is 9.59 Å². The highest BCUT2D eigenvalue weighted by Crippen LogP contribution is 2.38. The quantitative estimate of drug-likeness (QED) is 0.301. The van der Waals surface area contributed by atoms with E-state index in [1.165, 1.54) is 13.3 Å². The minimum Gasteiger partial charge on any atom is -0.494 e. The van der Waals surface area contributed by atoms with Gasteiger partial charge in [-0.3, -0.25) is 9.59 Å². The third kappa shape index (κ3) is 6.70. The molecule has 190 valence electrons. The van der Waals surface area contributed by atoms with Crippen molar-refractivity contribution in [3.8, 4) is 17.1 Å². The summed E-state index contributed by atoms with van der Waals surface area (Å²) in [6.07, 6.45) is 3.68. The van der Waals surface area contributed by atoms with Crippen LogP contribution >= 0.6 is 0 Å². The number of aromatic nitrogens is 3. The first kappa shape index (κ1) is 26.3. The number of anilines is 3. The van der Waals surface area contributed by atoms with E-state index in [0.717, 1.165) is 12.8 Å². The lowest BCUT2D eigenvalue weighted by Gasteiger charge is -2.22. The second kappa shape index (κ2) is 11.1. The molecule has 1 aromatic carbocycles. The number of pyridine rings is 1. The first-order valence-corrected chi connectivity index (χ1v) is 12.1. The second-order valence-electron chi connectivity index (χ2n) is 9.85. The molecule has 0 radical (unpaired) electrons. The van der Waals surface area contributed by atoms with Crippen LogP contribution in [0, 0.1) is 5.92 Å². The Hall–Kier alpha value is -3.80. The van der Waals surface area contributed by atoms with Gasteiger partial charge in [0.25, 0.3) is 5.91 Å². The Morgan fingerprint density at radius 1 is 1.19 bits per heavy atom. The zero-order valence-electron chi connectivity index (χ0n) is 21.7. The van der Waals surface area contributed by atoms with Crippen LogP contribution in [-0.2, 0) is 16.0 Å². The summed E-state index contributed by atoms with van der Waals surface area (Å²) in [5, 5.41) is 12.7. The molecule has 11 nitrogen and oxygen atoms in total. The molecule has 1 fully saturated rings. The Bertz CT molecular complexity index is 1290. The number of benzene rings is 1. The van der Waals surface area contributed by atoms with Crippen LogP contribution in [0.15, 0.2) is 35.0 Å². The maximum absolute atomic E-state index is 13.1. The summed E-state index contributed by atoms with van der Waals surface area (Å²) in [5.74, 6) is 1.26. The van der Waals surface area contributed by atoms with Crippen LogP contribution in [0.25, 0.3) is 11.4 Å². The summed E-state index contributed by atoms with van der Waals surface area (Å²) in [5.41, 5.74) is 1.94. The number of amides is 2. The van der Waals surface area contributed by atoms with Crippen LogP contribution < -0.4 is 20.7 Å². The van der Waals surface area contributed by atoms with E-state index < -0.39 is 5.24 Å². The Balaban J connectivity index is 1.69. The van der Waals surface area contributed by atoms with E-state index in [4.69, 9.17) is 14.0 Å². The van der Waals surface area contributed by atoms with E-state index >= 15 is 0 Å². The van der Waals surface area contributed by atoms with Crippen molar-refractivity contribution < 1.29 is 23.6 Å². The number of hydrogen-bond acceptors (Lipinski definition) is 9. The van der Waals surface area contributed by atoms with Crippen molar-refractivity contribution in [3.63, 3.8) is 0 Å². The SMILES string of the molecule is BC(B)(B)NC(=O)c1cnc(NC(=O)C2CC2)cc1Nc1cccc(-c2noc(CCOC)n2)c1OC. The van der Waals surface area contributed by atoms with Gasteiger partial charge in [0, 0.05) is 25.3 Å². The van der Waals surface area contributed by atoms with Crippen molar-refractivity contribution in [1.82, 2.24) is 20.4 Å². The predicted octanol–water partition coefficient (Wildman–Crippen LogP) is -0.338. The number of rotatable bonds is 11. The average molecular weight is 502 g/mol. The van der Waals surface area contributed by atoms with Crippen LogP contribution in [0.3, 0.4) is 0 Å². The van der Waals surface area contributed by atoms with Crippen molar-refractivity contribution in [3.05, 3.63) is 41.9 Å². The van der Waals surface area contributed by atoms with Gasteiger partial charge in [-0.15, -0.1) is 0 Å². The second-order valence-corrected chi connectivity index (χ2v) is 9.85. The first-order chi connectivity index (χ1) is 17.7. The third-order valence-corrected chi connectivity index (χ3v) is 5.55. The number of nitrogens with zero attached hydrogens (tertiary/aromatic N) is 3. The van der Waals surface area contributed by atoms with Crippen molar-refractivity contribution in [2.24, 2.45) is 5.92 Å². The van der Waals surface area contributed by atoms with Crippen molar-refractivity contribution in [2.75, 3.05) is 31.5 Å². The molecular formula is C23H29B3N6O5. The molecule has 1 saturated carbocycles. The minimum atomic E-state index is -0.454. The van der Waals surface area contributed by atoms with Gasteiger partial charge >= 0.3 is 0 Å². The topological polar surface area (TPSA) is 140 Å². The fraction of sp³-hybridized carbons (Fsp3) is 0.348. The third-order valence-electron chi connectivity index (χ3n) is 5.55. The van der Waals surface area contributed by atoms with Crippen LogP contribution in [0.5, 0.6) is 5.75 Å².